The molecule has 5 fully saturated rings. The molecule has 4 saturated carbocycles. The number of carbonyl (C=O) groups excluding carboxylic acids is 2. The predicted octanol–water partition coefficient (Wildman–Crippen LogP) is 7.58. The summed E-state index contributed by atoms with van der Waals surface area (Å²) in [5.41, 5.74) is 2.50. The van der Waals surface area contributed by atoms with E-state index in [1.54, 1.807) is 12.1 Å². The van der Waals surface area contributed by atoms with Crippen molar-refractivity contribution < 1.29 is 18.7 Å². The van der Waals surface area contributed by atoms with E-state index in [0.717, 1.165) is 40.0 Å². The highest BCUT2D eigenvalue weighted by Gasteiger charge is 2.51. The zero-order valence-electron chi connectivity index (χ0n) is 20.3. The lowest BCUT2D eigenvalue weighted by atomic mass is 9.48. The summed E-state index contributed by atoms with van der Waals surface area (Å²) in [5, 5.41) is -0.235. The maximum absolute atomic E-state index is 14.3. The monoisotopic (exact) mass is 525 g/mol. The maximum atomic E-state index is 14.3. The van der Waals surface area contributed by atoms with Gasteiger partial charge in [0.25, 0.3) is 11.1 Å². The number of ether oxygens (including phenoxy) is 1. The molecule has 188 valence electrons. The van der Waals surface area contributed by atoms with Gasteiger partial charge in [0.15, 0.2) is 0 Å². The number of amides is 2. The summed E-state index contributed by atoms with van der Waals surface area (Å²) in [6.07, 6.45) is 9.63. The maximum Gasteiger partial charge on any atom is 0.293 e. The van der Waals surface area contributed by atoms with Crippen LogP contribution in [0.5, 0.6) is 5.75 Å². The molecule has 0 unspecified atom stereocenters. The molecule has 4 nitrogen and oxygen atoms in total. The van der Waals surface area contributed by atoms with E-state index >= 15 is 0 Å². The fourth-order valence-corrected chi connectivity index (χ4v) is 8.41. The van der Waals surface area contributed by atoms with E-state index in [1.807, 2.05) is 13.0 Å². The van der Waals surface area contributed by atoms with E-state index in [4.69, 9.17) is 16.3 Å². The van der Waals surface area contributed by atoms with Gasteiger partial charge in [0.2, 0.25) is 0 Å². The minimum absolute atomic E-state index is 0.140. The molecule has 1 aliphatic heterocycles. The first kappa shape index (κ1) is 24.1. The highest BCUT2D eigenvalue weighted by atomic mass is 35.5. The van der Waals surface area contributed by atoms with E-state index in [2.05, 4.69) is 12.1 Å². The quantitative estimate of drug-likeness (QED) is 0.365. The van der Waals surface area contributed by atoms with Crippen LogP contribution in [-0.4, -0.2) is 22.7 Å². The van der Waals surface area contributed by atoms with Gasteiger partial charge >= 0.3 is 0 Å². The smallest absolute Gasteiger partial charge is 0.293 e. The third-order valence-corrected chi connectivity index (χ3v) is 9.76. The minimum Gasteiger partial charge on any atom is -0.493 e. The summed E-state index contributed by atoms with van der Waals surface area (Å²) >= 11 is 7.02. The Bertz CT molecular complexity index is 1220. The fourth-order valence-electron chi connectivity index (χ4n) is 7.36. The fraction of sp³-hybridized carbons (Fsp3) is 0.448. The number of rotatable bonds is 6. The van der Waals surface area contributed by atoms with E-state index in [0.29, 0.717) is 17.3 Å². The highest BCUT2D eigenvalue weighted by molar-refractivity contribution is 8.18. The van der Waals surface area contributed by atoms with Crippen LogP contribution >= 0.6 is 23.4 Å². The molecule has 0 aromatic heterocycles. The number of nitrogens with zero attached hydrogens (tertiary/aromatic N) is 1. The summed E-state index contributed by atoms with van der Waals surface area (Å²) in [4.78, 5) is 27.4. The molecule has 0 N–H and O–H groups in total. The van der Waals surface area contributed by atoms with Gasteiger partial charge in [0.1, 0.15) is 11.6 Å². The van der Waals surface area contributed by atoms with E-state index in [1.165, 1.54) is 56.2 Å². The molecule has 0 spiro atoms. The van der Waals surface area contributed by atoms with Gasteiger partial charge in [-0.15, -0.1) is 0 Å². The number of hydrogen-bond acceptors (Lipinski definition) is 4. The van der Waals surface area contributed by atoms with Crippen molar-refractivity contribution in [1.29, 1.82) is 0 Å². The Kier molecular flexibility index (Phi) is 6.16. The van der Waals surface area contributed by atoms with Crippen LogP contribution in [0.3, 0.4) is 0 Å². The van der Waals surface area contributed by atoms with Crippen molar-refractivity contribution in [2.24, 2.45) is 17.8 Å². The van der Waals surface area contributed by atoms with Crippen LogP contribution in [0, 0.1) is 23.6 Å². The van der Waals surface area contributed by atoms with Crippen molar-refractivity contribution in [2.45, 2.75) is 57.4 Å². The average Bonchev–Trinajstić information content (AvgIpc) is 3.09. The SMILES string of the molecule is CCOc1ccc(C23CC4CC(CC(C4)C2)C3)cc1/C=C1/SC(=O)N(Cc2c(F)cccc2Cl)C1=O. The molecule has 2 amide bonds. The van der Waals surface area contributed by atoms with Crippen molar-refractivity contribution in [2.75, 3.05) is 6.61 Å². The first-order valence-corrected chi connectivity index (χ1v) is 14.0. The Labute approximate surface area is 220 Å². The van der Waals surface area contributed by atoms with Crippen molar-refractivity contribution in [1.82, 2.24) is 4.90 Å². The van der Waals surface area contributed by atoms with Crippen molar-refractivity contribution >= 4 is 40.6 Å². The van der Waals surface area contributed by atoms with Gasteiger partial charge in [0.05, 0.1) is 18.1 Å². The summed E-state index contributed by atoms with van der Waals surface area (Å²) in [7, 11) is 0. The Morgan fingerprint density at radius 3 is 2.44 bits per heavy atom. The second kappa shape index (κ2) is 9.21. The van der Waals surface area contributed by atoms with Gasteiger partial charge in [-0.2, -0.15) is 0 Å². The summed E-state index contributed by atoms with van der Waals surface area (Å²) in [6.45, 7) is 2.24. The Morgan fingerprint density at radius 2 is 1.81 bits per heavy atom. The van der Waals surface area contributed by atoms with Gasteiger partial charge < -0.3 is 4.74 Å². The lowest BCUT2D eigenvalue weighted by molar-refractivity contribution is -0.123. The van der Waals surface area contributed by atoms with Crippen LogP contribution in [-0.2, 0) is 16.8 Å². The normalized spacial score (nSPS) is 30.0. The number of thioether (sulfide) groups is 1. The van der Waals surface area contributed by atoms with E-state index in [9.17, 15) is 14.0 Å². The van der Waals surface area contributed by atoms with Crippen LogP contribution in [0.1, 0.15) is 62.1 Å². The standard InChI is InChI=1S/C29H29ClFNO3S/c1-2-35-25-7-6-21(29-13-17-8-18(14-29)10-19(9-17)15-29)11-20(25)12-26-27(33)32(28(34)36-26)16-22-23(30)4-3-5-24(22)31/h3-7,11-12,17-19H,2,8-10,13-16H2,1H3/b26-12+. The topological polar surface area (TPSA) is 46.6 Å². The zero-order valence-corrected chi connectivity index (χ0v) is 21.8. The van der Waals surface area contributed by atoms with Crippen LogP contribution < -0.4 is 4.74 Å². The van der Waals surface area contributed by atoms with Crippen molar-refractivity contribution in [3.8, 4) is 5.75 Å². The molecule has 7 heteroatoms. The van der Waals surface area contributed by atoms with Gasteiger partial charge in [-0.1, -0.05) is 23.7 Å². The van der Waals surface area contributed by atoms with E-state index < -0.39 is 17.0 Å². The first-order chi connectivity index (χ1) is 17.3. The molecular weight excluding hydrogens is 497 g/mol. The number of imide groups is 1. The summed E-state index contributed by atoms with van der Waals surface area (Å²) in [6, 6.07) is 10.7. The molecule has 1 saturated heterocycles. The number of benzene rings is 2. The molecular formula is C29H29ClFNO3S. The molecule has 0 radical (unpaired) electrons. The average molecular weight is 526 g/mol. The number of carbonyl (C=O) groups is 2. The Morgan fingerprint density at radius 1 is 1.11 bits per heavy atom. The molecule has 0 atom stereocenters. The lowest BCUT2D eigenvalue weighted by Gasteiger charge is -2.57. The molecule has 36 heavy (non-hydrogen) atoms. The molecule has 5 aliphatic rings. The van der Waals surface area contributed by atoms with Crippen LogP contribution in [0.2, 0.25) is 5.02 Å². The third-order valence-electron chi connectivity index (χ3n) is 8.50. The lowest BCUT2D eigenvalue weighted by Crippen LogP contribution is -2.48. The first-order valence-electron chi connectivity index (χ1n) is 12.8. The largest absolute Gasteiger partial charge is 0.493 e. The second-order valence-corrected chi connectivity index (χ2v) is 12.3. The van der Waals surface area contributed by atoms with Gasteiger partial charge in [-0.05, 0) is 116 Å². The predicted molar refractivity (Wildman–Crippen MR) is 140 cm³/mol. The van der Waals surface area contributed by atoms with Crippen LogP contribution in [0.25, 0.3) is 6.08 Å². The van der Waals surface area contributed by atoms with E-state index in [-0.39, 0.29) is 22.5 Å². The molecule has 1 heterocycles. The second-order valence-electron chi connectivity index (χ2n) is 10.9. The summed E-state index contributed by atoms with van der Waals surface area (Å²) in [5.74, 6) is 2.21. The molecule has 2 aromatic carbocycles. The highest BCUT2D eigenvalue weighted by Crippen LogP contribution is 2.61. The molecule has 2 aromatic rings. The van der Waals surface area contributed by atoms with Gasteiger partial charge in [-0.25, -0.2) is 4.39 Å². The molecule has 7 rings (SSSR count). The molecule has 4 bridgehead atoms. The Hall–Kier alpha value is -2.31. The number of halogens is 2. The van der Waals surface area contributed by atoms with Crippen molar-refractivity contribution in [3.63, 3.8) is 0 Å². The third kappa shape index (κ3) is 4.16. The van der Waals surface area contributed by atoms with Gasteiger partial charge in [-0.3, -0.25) is 14.5 Å². The summed E-state index contributed by atoms with van der Waals surface area (Å²) < 4.78 is 20.2. The van der Waals surface area contributed by atoms with Crippen LogP contribution in [0.4, 0.5) is 9.18 Å². The Balaban J connectivity index is 1.32. The van der Waals surface area contributed by atoms with Gasteiger partial charge in [0, 0.05) is 16.1 Å². The van der Waals surface area contributed by atoms with Crippen LogP contribution in [0.15, 0.2) is 41.3 Å². The van der Waals surface area contributed by atoms with Crippen molar-refractivity contribution in [3.05, 3.63) is 68.8 Å². The number of hydrogen-bond donors (Lipinski definition) is 0. The molecule has 4 aliphatic carbocycles. The zero-order chi connectivity index (χ0) is 25.0. The minimum atomic E-state index is -0.535.